The Morgan fingerprint density at radius 1 is 1.35 bits per heavy atom. The molecule has 0 spiro atoms. The number of benzene rings is 1. The summed E-state index contributed by atoms with van der Waals surface area (Å²) < 4.78 is 6.06. The van der Waals surface area contributed by atoms with Gasteiger partial charge in [-0.1, -0.05) is 18.2 Å². The standard InChI is InChI=1S/C15H11BrN2O2/c1-20-15-9(6-10(16)8-17-15)7-12-11-4-2-3-5-13(11)18-14(12)19/h2-8H,1H3,(H,18,19). The molecule has 0 atom stereocenters. The van der Waals surface area contributed by atoms with Gasteiger partial charge in [-0.3, -0.25) is 4.79 Å². The van der Waals surface area contributed by atoms with Crippen LogP contribution in [-0.4, -0.2) is 18.0 Å². The lowest BCUT2D eigenvalue weighted by atomic mass is 10.0. The first-order valence-corrected chi connectivity index (χ1v) is 6.80. The van der Waals surface area contributed by atoms with E-state index in [0.29, 0.717) is 11.5 Å². The number of ether oxygens (including phenoxy) is 1. The number of hydrogen-bond acceptors (Lipinski definition) is 3. The molecule has 1 aromatic heterocycles. The summed E-state index contributed by atoms with van der Waals surface area (Å²) in [4.78, 5) is 16.2. The van der Waals surface area contributed by atoms with E-state index in [4.69, 9.17) is 4.74 Å². The molecule has 0 radical (unpaired) electrons. The monoisotopic (exact) mass is 330 g/mol. The zero-order chi connectivity index (χ0) is 14.1. The highest BCUT2D eigenvalue weighted by Crippen LogP contribution is 2.34. The van der Waals surface area contributed by atoms with Crippen molar-refractivity contribution in [2.75, 3.05) is 12.4 Å². The lowest BCUT2D eigenvalue weighted by Crippen LogP contribution is -2.03. The van der Waals surface area contributed by atoms with Gasteiger partial charge < -0.3 is 10.1 Å². The van der Waals surface area contributed by atoms with Gasteiger partial charge in [0.25, 0.3) is 5.91 Å². The highest BCUT2D eigenvalue weighted by Gasteiger charge is 2.23. The van der Waals surface area contributed by atoms with Crippen LogP contribution in [0.5, 0.6) is 5.88 Å². The molecule has 0 fully saturated rings. The predicted octanol–water partition coefficient (Wildman–Crippen LogP) is 3.35. The van der Waals surface area contributed by atoms with Crippen molar-refractivity contribution in [3.05, 3.63) is 52.1 Å². The number of pyridine rings is 1. The molecular weight excluding hydrogens is 320 g/mol. The van der Waals surface area contributed by atoms with Gasteiger partial charge in [-0.2, -0.15) is 0 Å². The zero-order valence-electron chi connectivity index (χ0n) is 10.7. The van der Waals surface area contributed by atoms with Gasteiger partial charge in [0.2, 0.25) is 5.88 Å². The van der Waals surface area contributed by atoms with E-state index < -0.39 is 0 Å². The van der Waals surface area contributed by atoms with E-state index in [0.717, 1.165) is 21.3 Å². The molecule has 0 aliphatic carbocycles. The number of halogens is 1. The first kappa shape index (κ1) is 12.9. The van der Waals surface area contributed by atoms with Crippen LogP contribution in [0.1, 0.15) is 11.1 Å². The molecule has 100 valence electrons. The van der Waals surface area contributed by atoms with E-state index >= 15 is 0 Å². The van der Waals surface area contributed by atoms with E-state index in [1.165, 1.54) is 0 Å². The summed E-state index contributed by atoms with van der Waals surface area (Å²) >= 11 is 3.37. The number of fused-ring (bicyclic) bond motifs is 1. The third-order valence-electron chi connectivity index (χ3n) is 3.05. The molecule has 1 aliphatic heterocycles. The largest absolute Gasteiger partial charge is 0.481 e. The van der Waals surface area contributed by atoms with E-state index in [1.807, 2.05) is 30.3 Å². The summed E-state index contributed by atoms with van der Waals surface area (Å²) in [6.07, 6.45) is 3.45. The molecule has 0 bridgehead atoms. The second-order valence-electron chi connectivity index (χ2n) is 4.31. The number of anilines is 1. The lowest BCUT2D eigenvalue weighted by molar-refractivity contribution is -0.110. The predicted molar refractivity (Wildman–Crippen MR) is 81.4 cm³/mol. The second kappa shape index (κ2) is 5.09. The molecule has 0 unspecified atom stereocenters. The average Bonchev–Trinajstić information content (AvgIpc) is 2.76. The number of methoxy groups -OCH3 is 1. The maximum Gasteiger partial charge on any atom is 0.256 e. The van der Waals surface area contributed by atoms with Gasteiger partial charge >= 0.3 is 0 Å². The Hall–Kier alpha value is -2.14. The molecule has 5 heteroatoms. The molecular formula is C15H11BrN2O2. The van der Waals surface area contributed by atoms with Crippen LogP contribution in [0.4, 0.5) is 5.69 Å². The number of aromatic nitrogens is 1. The Balaban J connectivity index is 2.13. The normalized spacial score (nSPS) is 15.1. The zero-order valence-corrected chi connectivity index (χ0v) is 12.3. The minimum absolute atomic E-state index is 0.117. The van der Waals surface area contributed by atoms with Gasteiger partial charge in [-0.05, 0) is 34.1 Å². The van der Waals surface area contributed by atoms with Crippen molar-refractivity contribution in [1.82, 2.24) is 4.98 Å². The Bertz CT molecular complexity index is 726. The summed E-state index contributed by atoms with van der Waals surface area (Å²) in [7, 11) is 1.56. The minimum atomic E-state index is -0.117. The molecule has 1 aromatic carbocycles. The number of rotatable bonds is 2. The smallest absolute Gasteiger partial charge is 0.256 e. The number of para-hydroxylation sites is 1. The summed E-state index contributed by atoms with van der Waals surface area (Å²) in [5.74, 6) is 0.367. The van der Waals surface area contributed by atoms with Crippen molar-refractivity contribution in [2.24, 2.45) is 0 Å². The van der Waals surface area contributed by atoms with Crippen LogP contribution in [0.3, 0.4) is 0 Å². The molecule has 0 saturated heterocycles. The van der Waals surface area contributed by atoms with Crippen molar-refractivity contribution in [3.8, 4) is 5.88 Å². The van der Waals surface area contributed by atoms with Crippen molar-refractivity contribution in [1.29, 1.82) is 0 Å². The van der Waals surface area contributed by atoms with E-state index in [2.05, 4.69) is 26.2 Å². The fraction of sp³-hybridized carbons (Fsp3) is 0.0667. The fourth-order valence-electron chi connectivity index (χ4n) is 2.15. The molecule has 1 amide bonds. The van der Waals surface area contributed by atoms with E-state index in [1.54, 1.807) is 19.4 Å². The molecule has 3 rings (SSSR count). The van der Waals surface area contributed by atoms with Gasteiger partial charge in [0.15, 0.2) is 0 Å². The Labute approximate surface area is 124 Å². The van der Waals surface area contributed by atoms with Crippen LogP contribution < -0.4 is 10.1 Å². The first-order chi connectivity index (χ1) is 9.69. The maximum absolute atomic E-state index is 12.1. The third kappa shape index (κ3) is 2.20. The van der Waals surface area contributed by atoms with Crippen LogP contribution in [0, 0.1) is 0 Å². The minimum Gasteiger partial charge on any atom is -0.481 e. The van der Waals surface area contributed by atoms with Crippen LogP contribution in [0.15, 0.2) is 41.0 Å². The molecule has 20 heavy (non-hydrogen) atoms. The fourth-order valence-corrected chi connectivity index (χ4v) is 2.50. The van der Waals surface area contributed by atoms with Crippen molar-refractivity contribution in [2.45, 2.75) is 0 Å². The number of carbonyl (C=O) groups is 1. The highest BCUT2D eigenvalue weighted by molar-refractivity contribution is 9.10. The number of nitrogens with zero attached hydrogens (tertiary/aromatic N) is 1. The first-order valence-electron chi connectivity index (χ1n) is 6.01. The van der Waals surface area contributed by atoms with Crippen LogP contribution >= 0.6 is 15.9 Å². The van der Waals surface area contributed by atoms with Gasteiger partial charge in [0.05, 0.1) is 7.11 Å². The van der Waals surface area contributed by atoms with Crippen LogP contribution in [0.2, 0.25) is 0 Å². The number of nitrogens with one attached hydrogen (secondary N) is 1. The van der Waals surface area contributed by atoms with Gasteiger partial charge in [0, 0.05) is 33.1 Å². The van der Waals surface area contributed by atoms with Crippen molar-refractivity contribution < 1.29 is 9.53 Å². The Kier molecular flexibility index (Phi) is 3.28. The summed E-state index contributed by atoms with van der Waals surface area (Å²) in [6, 6.07) is 9.46. The molecule has 0 saturated carbocycles. The SMILES string of the molecule is COc1ncc(Br)cc1C=C1C(=O)Nc2ccccc21. The quantitative estimate of drug-likeness (QED) is 0.859. The number of carbonyl (C=O) groups excluding carboxylic acids is 1. The summed E-state index contributed by atoms with van der Waals surface area (Å²) in [5, 5.41) is 2.84. The highest BCUT2D eigenvalue weighted by atomic mass is 79.9. The van der Waals surface area contributed by atoms with Crippen molar-refractivity contribution in [3.63, 3.8) is 0 Å². The third-order valence-corrected chi connectivity index (χ3v) is 3.48. The van der Waals surface area contributed by atoms with Gasteiger partial charge in [0.1, 0.15) is 0 Å². The van der Waals surface area contributed by atoms with E-state index in [-0.39, 0.29) is 5.91 Å². The molecule has 1 N–H and O–H groups in total. The topological polar surface area (TPSA) is 51.2 Å². The van der Waals surface area contributed by atoms with Crippen LogP contribution in [-0.2, 0) is 4.79 Å². The van der Waals surface area contributed by atoms with Gasteiger partial charge in [-0.25, -0.2) is 4.98 Å². The average molecular weight is 331 g/mol. The maximum atomic E-state index is 12.1. The summed E-state index contributed by atoms with van der Waals surface area (Å²) in [6.45, 7) is 0. The molecule has 4 nitrogen and oxygen atoms in total. The van der Waals surface area contributed by atoms with Crippen molar-refractivity contribution >= 4 is 39.2 Å². The van der Waals surface area contributed by atoms with Crippen LogP contribution in [0.25, 0.3) is 11.6 Å². The number of amides is 1. The summed E-state index contributed by atoms with van der Waals surface area (Å²) in [5.41, 5.74) is 3.08. The molecule has 2 heterocycles. The molecule has 1 aliphatic rings. The molecule has 2 aromatic rings. The van der Waals surface area contributed by atoms with E-state index in [9.17, 15) is 4.79 Å². The van der Waals surface area contributed by atoms with Gasteiger partial charge in [-0.15, -0.1) is 0 Å². The lowest BCUT2D eigenvalue weighted by Gasteiger charge is -2.05. The Morgan fingerprint density at radius 2 is 2.15 bits per heavy atom. The second-order valence-corrected chi connectivity index (χ2v) is 5.23. The Morgan fingerprint density at radius 3 is 2.95 bits per heavy atom. The number of hydrogen-bond donors (Lipinski definition) is 1.